The molecule has 0 aliphatic carbocycles. The first-order valence-corrected chi connectivity index (χ1v) is 6.60. The third kappa shape index (κ3) is 2.40. The minimum atomic E-state index is 0.0623. The molecule has 0 aliphatic heterocycles. The first-order valence-electron chi connectivity index (χ1n) is 5.78. The molecule has 3 heteroatoms. The smallest absolute Gasteiger partial charge is 0.124 e. The quantitative estimate of drug-likeness (QED) is 0.876. The Bertz CT molecular complexity index is 518. The standard InChI is InChI=1S/C14H18N2S/c1-8-5-9(2)13(10(3)6-8)14-16-7-12(17-14)11(4)15/h5-7,11H,15H2,1-4H3. The normalized spacial score (nSPS) is 12.8. The fourth-order valence-electron chi connectivity index (χ4n) is 2.13. The molecule has 0 saturated carbocycles. The van der Waals surface area contributed by atoms with Gasteiger partial charge in [-0.25, -0.2) is 4.98 Å². The molecule has 0 saturated heterocycles. The molecule has 0 spiro atoms. The van der Waals surface area contributed by atoms with Crippen LogP contribution >= 0.6 is 11.3 Å². The van der Waals surface area contributed by atoms with Crippen LogP contribution in [-0.4, -0.2) is 4.98 Å². The Hall–Kier alpha value is -1.19. The highest BCUT2D eigenvalue weighted by atomic mass is 32.1. The molecule has 0 aliphatic rings. The fraction of sp³-hybridized carbons (Fsp3) is 0.357. The van der Waals surface area contributed by atoms with Gasteiger partial charge in [0.1, 0.15) is 5.01 Å². The summed E-state index contributed by atoms with van der Waals surface area (Å²) in [6, 6.07) is 4.47. The lowest BCUT2D eigenvalue weighted by molar-refractivity contribution is 0.835. The Morgan fingerprint density at radius 1 is 1.18 bits per heavy atom. The number of thiazole rings is 1. The first-order chi connectivity index (χ1) is 7.99. The molecule has 2 nitrogen and oxygen atoms in total. The summed E-state index contributed by atoms with van der Waals surface area (Å²) >= 11 is 1.69. The van der Waals surface area contributed by atoms with E-state index in [0.717, 1.165) is 9.88 Å². The van der Waals surface area contributed by atoms with Gasteiger partial charge in [-0.3, -0.25) is 0 Å². The van der Waals surface area contributed by atoms with Gasteiger partial charge in [-0.2, -0.15) is 0 Å². The van der Waals surface area contributed by atoms with Gasteiger partial charge in [0.2, 0.25) is 0 Å². The largest absolute Gasteiger partial charge is 0.323 e. The summed E-state index contributed by atoms with van der Waals surface area (Å²) in [6.45, 7) is 8.40. The molecule has 0 radical (unpaired) electrons. The van der Waals surface area contributed by atoms with Crippen LogP contribution in [0.25, 0.3) is 10.6 Å². The highest BCUT2D eigenvalue weighted by molar-refractivity contribution is 7.15. The molecule has 0 fully saturated rings. The molecular formula is C14H18N2S. The Morgan fingerprint density at radius 3 is 2.24 bits per heavy atom. The third-order valence-corrected chi connectivity index (χ3v) is 4.08. The highest BCUT2D eigenvalue weighted by Gasteiger charge is 2.12. The van der Waals surface area contributed by atoms with Gasteiger partial charge in [-0.1, -0.05) is 17.7 Å². The van der Waals surface area contributed by atoms with Crippen LogP contribution in [0, 0.1) is 20.8 Å². The van der Waals surface area contributed by atoms with Gasteiger partial charge in [0.25, 0.3) is 0 Å². The van der Waals surface area contributed by atoms with Gasteiger partial charge in [-0.15, -0.1) is 11.3 Å². The van der Waals surface area contributed by atoms with Crippen LogP contribution in [0.5, 0.6) is 0 Å². The summed E-state index contributed by atoms with van der Waals surface area (Å²) in [5.41, 5.74) is 11.0. The summed E-state index contributed by atoms with van der Waals surface area (Å²) in [7, 11) is 0. The van der Waals surface area contributed by atoms with Crippen LogP contribution in [0.2, 0.25) is 0 Å². The van der Waals surface area contributed by atoms with Crippen molar-refractivity contribution in [2.45, 2.75) is 33.7 Å². The molecule has 1 atom stereocenters. The third-order valence-electron chi connectivity index (χ3n) is 2.86. The van der Waals surface area contributed by atoms with E-state index >= 15 is 0 Å². The Labute approximate surface area is 107 Å². The van der Waals surface area contributed by atoms with E-state index in [-0.39, 0.29) is 6.04 Å². The number of nitrogens with zero attached hydrogens (tertiary/aromatic N) is 1. The van der Waals surface area contributed by atoms with E-state index in [1.165, 1.54) is 22.3 Å². The molecule has 0 amide bonds. The van der Waals surface area contributed by atoms with E-state index in [9.17, 15) is 0 Å². The summed E-state index contributed by atoms with van der Waals surface area (Å²) in [5.74, 6) is 0. The van der Waals surface area contributed by atoms with Crippen molar-refractivity contribution in [3.63, 3.8) is 0 Å². The van der Waals surface area contributed by atoms with Gasteiger partial charge in [0, 0.05) is 22.7 Å². The van der Waals surface area contributed by atoms with Gasteiger partial charge in [0.05, 0.1) is 0 Å². The average molecular weight is 246 g/mol. The van der Waals surface area contributed by atoms with Crippen LogP contribution < -0.4 is 5.73 Å². The molecule has 2 aromatic rings. The predicted molar refractivity (Wildman–Crippen MR) is 74.4 cm³/mol. The average Bonchev–Trinajstić information content (AvgIpc) is 2.65. The molecule has 1 unspecified atom stereocenters. The van der Waals surface area contributed by atoms with Crippen LogP contribution in [0.1, 0.15) is 34.5 Å². The summed E-state index contributed by atoms with van der Waals surface area (Å²) in [5, 5.41) is 1.08. The molecule has 2 rings (SSSR count). The molecular weight excluding hydrogens is 228 g/mol. The summed E-state index contributed by atoms with van der Waals surface area (Å²) in [6.07, 6.45) is 1.89. The number of nitrogens with two attached hydrogens (primary N) is 1. The van der Waals surface area contributed by atoms with Crippen molar-refractivity contribution in [1.82, 2.24) is 4.98 Å². The number of aromatic nitrogens is 1. The lowest BCUT2D eigenvalue weighted by atomic mass is 10.0. The Balaban J connectivity index is 2.52. The SMILES string of the molecule is Cc1cc(C)c(-c2ncc(C(C)N)s2)c(C)c1. The van der Waals surface area contributed by atoms with Gasteiger partial charge < -0.3 is 5.73 Å². The first kappa shape index (κ1) is 12.3. The van der Waals surface area contributed by atoms with Crippen LogP contribution in [-0.2, 0) is 0 Å². The monoisotopic (exact) mass is 246 g/mol. The van der Waals surface area contributed by atoms with Crippen molar-refractivity contribution in [2.24, 2.45) is 5.73 Å². The minimum Gasteiger partial charge on any atom is -0.323 e. The van der Waals surface area contributed by atoms with Crippen molar-refractivity contribution in [3.8, 4) is 10.6 Å². The maximum absolute atomic E-state index is 5.88. The maximum Gasteiger partial charge on any atom is 0.124 e. The van der Waals surface area contributed by atoms with Gasteiger partial charge in [-0.05, 0) is 38.8 Å². The predicted octanol–water partition coefficient (Wildman–Crippen LogP) is 3.76. The van der Waals surface area contributed by atoms with E-state index in [4.69, 9.17) is 5.73 Å². The van der Waals surface area contributed by atoms with Crippen LogP contribution in [0.4, 0.5) is 0 Å². The summed E-state index contributed by atoms with van der Waals surface area (Å²) in [4.78, 5) is 5.64. The van der Waals surface area contributed by atoms with Crippen molar-refractivity contribution in [2.75, 3.05) is 0 Å². The zero-order valence-corrected chi connectivity index (χ0v) is 11.6. The van der Waals surface area contributed by atoms with Crippen LogP contribution in [0.3, 0.4) is 0 Å². The second-order valence-electron chi connectivity index (χ2n) is 4.63. The van der Waals surface area contributed by atoms with E-state index in [2.05, 4.69) is 37.9 Å². The maximum atomic E-state index is 5.88. The number of benzene rings is 1. The molecule has 0 bridgehead atoms. The van der Waals surface area contributed by atoms with E-state index < -0.39 is 0 Å². The second kappa shape index (κ2) is 4.59. The van der Waals surface area contributed by atoms with Crippen molar-refractivity contribution in [1.29, 1.82) is 0 Å². The number of hydrogen-bond donors (Lipinski definition) is 1. The second-order valence-corrected chi connectivity index (χ2v) is 5.69. The Morgan fingerprint density at radius 2 is 1.76 bits per heavy atom. The Kier molecular flexibility index (Phi) is 3.31. The molecule has 1 aromatic carbocycles. The molecule has 1 heterocycles. The topological polar surface area (TPSA) is 38.9 Å². The van der Waals surface area contributed by atoms with Crippen molar-refractivity contribution in [3.05, 3.63) is 39.9 Å². The molecule has 2 N–H and O–H groups in total. The zero-order valence-electron chi connectivity index (χ0n) is 10.7. The molecule has 17 heavy (non-hydrogen) atoms. The summed E-state index contributed by atoms with van der Waals surface area (Å²) < 4.78 is 0. The van der Waals surface area contributed by atoms with Crippen molar-refractivity contribution >= 4 is 11.3 Å². The lowest BCUT2D eigenvalue weighted by Gasteiger charge is -2.08. The minimum absolute atomic E-state index is 0.0623. The molecule has 1 aromatic heterocycles. The van der Waals surface area contributed by atoms with E-state index in [0.29, 0.717) is 0 Å². The molecule has 90 valence electrons. The highest BCUT2D eigenvalue weighted by Crippen LogP contribution is 2.33. The van der Waals surface area contributed by atoms with Crippen molar-refractivity contribution < 1.29 is 0 Å². The number of hydrogen-bond acceptors (Lipinski definition) is 3. The number of aryl methyl sites for hydroxylation is 3. The van der Waals surface area contributed by atoms with E-state index in [1.54, 1.807) is 11.3 Å². The van der Waals surface area contributed by atoms with Crippen LogP contribution in [0.15, 0.2) is 18.3 Å². The zero-order chi connectivity index (χ0) is 12.6. The lowest BCUT2D eigenvalue weighted by Crippen LogP contribution is -2.01. The van der Waals surface area contributed by atoms with Gasteiger partial charge >= 0.3 is 0 Å². The number of rotatable bonds is 2. The van der Waals surface area contributed by atoms with E-state index in [1.807, 2.05) is 13.1 Å². The fourth-order valence-corrected chi connectivity index (χ4v) is 3.17. The van der Waals surface area contributed by atoms with Gasteiger partial charge in [0.15, 0.2) is 0 Å².